The fourth-order valence-corrected chi connectivity index (χ4v) is 3.32. The van der Waals surface area contributed by atoms with Crippen LogP contribution < -0.4 is 19.7 Å². The predicted molar refractivity (Wildman–Crippen MR) is 105 cm³/mol. The molecule has 1 aliphatic heterocycles. The van der Waals surface area contributed by atoms with Gasteiger partial charge < -0.3 is 24.8 Å². The summed E-state index contributed by atoms with van der Waals surface area (Å²) in [5, 5.41) is 12.0. The fourth-order valence-electron chi connectivity index (χ4n) is 3.32. The smallest absolute Gasteiger partial charge is 0.330 e. The molecule has 3 rings (SSSR count). The van der Waals surface area contributed by atoms with Gasteiger partial charge in [0.05, 0.1) is 25.8 Å². The molecular weight excluding hydrogens is 376 g/mol. The van der Waals surface area contributed by atoms with Crippen LogP contribution in [0, 0.1) is 5.92 Å². The molecule has 1 unspecified atom stereocenters. The summed E-state index contributed by atoms with van der Waals surface area (Å²) in [6.07, 6.45) is -0.0118. The van der Waals surface area contributed by atoms with E-state index in [0.717, 1.165) is 0 Å². The summed E-state index contributed by atoms with van der Waals surface area (Å²) in [5.41, 5.74) is 0.998. The van der Waals surface area contributed by atoms with Gasteiger partial charge in [-0.3, -0.25) is 9.59 Å². The van der Waals surface area contributed by atoms with Crippen molar-refractivity contribution >= 4 is 23.5 Å². The van der Waals surface area contributed by atoms with Crippen LogP contribution in [0.4, 0.5) is 5.69 Å². The number of nitrogens with zero attached hydrogens (tertiary/aromatic N) is 1. The summed E-state index contributed by atoms with van der Waals surface area (Å²) in [5.74, 6) is -1.52. The zero-order chi connectivity index (χ0) is 21.0. The highest BCUT2D eigenvalue weighted by molar-refractivity contribution is 6.01. The third-order valence-electron chi connectivity index (χ3n) is 4.84. The van der Waals surface area contributed by atoms with Gasteiger partial charge in [-0.05, 0) is 17.7 Å². The molecule has 8 heteroatoms. The maximum atomic E-state index is 12.7. The second-order valence-electron chi connectivity index (χ2n) is 6.63. The highest BCUT2D eigenvalue weighted by Crippen LogP contribution is 2.36. The second-order valence-corrected chi connectivity index (χ2v) is 6.63. The number of carbonyl (C=O) groups excluding carboxylic acids is 2. The second kappa shape index (κ2) is 8.64. The molecular formula is C21H22N2O6. The van der Waals surface area contributed by atoms with Gasteiger partial charge in [-0.15, -0.1) is 0 Å². The number of rotatable bonds is 7. The van der Waals surface area contributed by atoms with E-state index in [9.17, 15) is 19.5 Å². The molecule has 152 valence electrons. The first-order valence-corrected chi connectivity index (χ1v) is 9.05. The number of carbonyl (C=O) groups is 3. The van der Waals surface area contributed by atoms with Crippen LogP contribution in [0.5, 0.6) is 11.5 Å². The molecule has 0 aliphatic carbocycles. The largest absolute Gasteiger partial charge is 0.497 e. The summed E-state index contributed by atoms with van der Waals surface area (Å²) < 4.78 is 10.5. The number of nitrogens with one attached hydrogen (secondary N) is 1. The Labute approximate surface area is 168 Å². The topological polar surface area (TPSA) is 105 Å². The summed E-state index contributed by atoms with van der Waals surface area (Å²) in [4.78, 5) is 38.3. The Morgan fingerprint density at radius 3 is 2.48 bits per heavy atom. The van der Waals surface area contributed by atoms with E-state index in [1.54, 1.807) is 48.5 Å². The van der Waals surface area contributed by atoms with Crippen molar-refractivity contribution in [1.82, 2.24) is 5.32 Å². The molecule has 2 amide bonds. The Balaban J connectivity index is 1.76. The lowest BCUT2D eigenvalue weighted by Crippen LogP contribution is -2.38. The first-order valence-electron chi connectivity index (χ1n) is 9.05. The van der Waals surface area contributed by atoms with Crippen LogP contribution in [-0.2, 0) is 14.4 Å². The third kappa shape index (κ3) is 4.31. The molecule has 1 saturated heterocycles. The monoisotopic (exact) mass is 398 g/mol. The standard InChI is InChI=1S/C21H22N2O6/c1-28-15-8-9-16(17(11-15)29-2)23-12-14(10-18(23)24)20(25)22-19(21(26)27)13-6-4-3-5-7-13/h3-9,11,14,19H,10,12H2,1-2H3,(H,22,25)(H,26,27)/t14?,19-/m0/s1. The molecule has 29 heavy (non-hydrogen) atoms. The number of carboxylic acids is 1. The number of anilines is 1. The Hall–Kier alpha value is -3.55. The molecule has 1 heterocycles. The number of hydrogen-bond acceptors (Lipinski definition) is 5. The molecule has 0 radical (unpaired) electrons. The molecule has 0 saturated carbocycles. The molecule has 2 N–H and O–H groups in total. The van der Waals surface area contributed by atoms with Gasteiger partial charge in [-0.25, -0.2) is 4.79 Å². The van der Waals surface area contributed by atoms with Crippen LogP contribution in [0.15, 0.2) is 48.5 Å². The molecule has 2 atom stereocenters. The van der Waals surface area contributed by atoms with E-state index in [2.05, 4.69) is 5.32 Å². The maximum absolute atomic E-state index is 12.7. The number of ether oxygens (including phenoxy) is 2. The summed E-state index contributed by atoms with van der Waals surface area (Å²) >= 11 is 0. The average molecular weight is 398 g/mol. The summed E-state index contributed by atoms with van der Waals surface area (Å²) in [7, 11) is 3.02. The van der Waals surface area contributed by atoms with Crippen LogP contribution in [0.2, 0.25) is 0 Å². The molecule has 0 bridgehead atoms. The highest BCUT2D eigenvalue weighted by Gasteiger charge is 2.37. The Morgan fingerprint density at radius 2 is 1.86 bits per heavy atom. The minimum atomic E-state index is -1.18. The van der Waals surface area contributed by atoms with Crippen molar-refractivity contribution in [3.8, 4) is 11.5 Å². The number of benzene rings is 2. The normalized spacial score (nSPS) is 17.0. The minimum absolute atomic E-state index is 0.0118. The van der Waals surface area contributed by atoms with E-state index >= 15 is 0 Å². The van der Waals surface area contributed by atoms with Crippen molar-refractivity contribution in [2.24, 2.45) is 5.92 Å². The van der Waals surface area contributed by atoms with Crippen molar-refractivity contribution in [3.05, 3.63) is 54.1 Å². The van der Waals surface area contributed by atoms with Gasteiger partial charge in [0, 0.05) is 19.0 Å². The van der Waals surface area contributed by atoms with Crippen LogP contribution in [0.1, 0.15) is 18.0 Å². The van der Waals surface area contributed by atoms with Gasteiger partial charge in [-0.1, -0.05) is 30.3 Å². The SMILES string of the molecule is COc1ccc(N2CC(C(=O)N[C@H](C(=O)O)c3ccccc3)CC2=O)c(OC)c1. The third-order valence-corrected chi connectivity index (χ3v) is 4.84. The molecule has 2 aromatic rings. The molecule has 1 aliphatic rings. The van der Waals surface area contributed by atoms with Crippen molar-refractivity contribution in [2.75, 3.05) is 25.7 Å². The lowest BCUT2D eigenvalue weighted by molar-refractivity contribution is -0.142. The van der Waals surface area contributed by atoms with E-state index in [1.807, 2.05) is 0 Å². The lowest BCUT2D eigenvalue weighted by Gasteiger charge is -2.21. The van der Waals surface area contributed by atoms with Crippen LogP contribution in [0.25, 0.3) is 0 Å². The number of hydrogen-bond donors (Lipinski definition) is 2. The molecule has 2 aromatic carbocycles. The van der Waals surface area contributed by atoms with Crippen LogP contribution >= 0.6 is 0 Å². The van der Waals surface area contributed by atoms with Gasteiger partial charge in [0.15, 0.2) is 6.04 Å². The average Bonchev–Trinajstić information content (AvgIpc) is 3.13. The lowest BCUT2D eigenvalue weighted by atomic mass is 10.0. The Bertz CT molecular complexity index is 915. The fraction of sp³-hybridized carbons (Fsp3) is 0.286. The zero-order valence-corrected chi connectivity index (χ0v) is 16.1. The van der Waals surface area contributed by atoms with Crippen LogP contribution in [-0.4, -0.2) is 43.7 Å². The van der Waals surface area contributed by atoms with Gasteiger partial charge in [0.1, 0.15) is 11.5 Å². The van der Waals surface area contributed by atoms with E-state index in [0.29, 0.717) is 22.7 Å². The van der Waals surface area contributed by atoms with E-state index < -0.39 is 23.8 Å². The van der Waals surface area contributed by atoms with E-state index in [4.69, 9.17) is 9.47 Å². The van der Waals surface area contributed by atoms with E-state index in [1.165, 1.54) is 19.1 Å². The quantitative estimate of drug-likeness (QED) is 0.739. The van der Waals surface area contributed by atoms with Gasteiger partial charge in [0.2, 0.25) is 11.8 Å². The van der Waals surface area contributed by atoms with Crippen molar-refractivity contribution < 1.29 is 29.0 Å². The van der Waals surface area contributed by atoms with Gasteiger partial charge >= 0.3 is 5.97 Å². The predicted octanol–water partition coefficient (Wildman–Crippen LogP) is 2.00. The van der Waals surface area contributed by atoms with Crippen LogP contribution in [0.3, 0.4) is 0 Å². The summed E-state index contributed by atoms with van der Waals surface area (Å²) in [6, 6.07) is 12.3. The summed E-state index contributed by atoms with van der Waals surface area (Å²) in [6.45, 7) is 0.133. The van der Waals surface area contributed by atoms with Crippen molar-refractivity contribution in [2.45, 2.75) is 12.5 Å². The minimum Gasteiger partial charge on any atom is -0.497 e. The highest BCUT2D eigenvalue weighted by atomic mass is 16.5. The first kappa shape index (κ1) is 20.2. The zero-order valence-electron chi connectivity index (χ0n) is 16.1. The Kier molecular flexibility index (Phi) is 6.01. The number of methoxy groups -OCH3 is 2. The number of carboxylic acid groups (broad SMARTS) is 1. The number of amides is 2. The molecule has 0 spiro atoms. The number of aliphatic carboxylic acids is 1. The first-order chi connectivity index (χ1) is 13.9. The maximum Gasteiger partial charge on any atom is 0.330 e. The van der Waals surface area contributed by atoms with Gasteiger partial charge in [0.25, 0.3) is 0 Å². The van der Waals surface area contributed by atoms with E-state index in [-0.39, 0.29) is 18.9 Å². The molecule has 0 aromatic heterocycles. The molecule has 8 nitrogen and oxygen atoms in total. The van der Waals surface area contributed by atoms with Gasteiger partial charge in [-0.2, -0.15) is 0 Å². The van der Waals surface area contributed by atoms with Crippen molar-refractivity contribution in [1.29, 1.82) is 0 Å². The molecule has 1 fully saturated rings. The van der Waals surface area contributed by atoms with Crippen molar-refractivity contribution in [3.63, 3.8) is 0 Å². The Morgan fingerprint density at radius 1 is 1.14 bits per heavy atom.